The van der Waals surface area contributed by atoms with Crippen LogP contribution < -0.4 is 4.72 Å². The van der Waals surface area contributed by atoms with E-state index < -0.39 is 30.4 Å². The summed E-state index contributed by atoms with van der Waals surface area (Å²) >= 11 is -1.24. The van der Waals surface area contributed by atoms with Crippen molar-refractivity contribution in [3.8, 4) is 0 Å². The smallest absolute Gasteiger partial charge is 0.307 e. The maximum absolute atomic E-state index is 12.7. The van der Waals surface area contributed by atoms with Crippen molar-refractivity contribution in [1.29, 1.82) is 0 Å². The van der Waals surface area contributed by atoms with E-state index in [1.54, 1.807) is 0 Å². The minimum Gasteiger partial charge on any atom is -0.598 e. The van der Waals surface area contributed by atoms with Crippen molar-refractivity contribution in [1.82, 2.24) is 4.72 Å². The summed E-state index contributed by atoms with van der Waals surface area (Å²) in [7, 11) is -1.95. The molecule has 0 heterocycles. The molecule has 0 aliphatic carbocycles. The summed E-state index contributed by atoms with van der Waals surface area (Å²) in [4.78, 5) is 10.9. The van der Waals surface area contributed by atoms with E-state index in [4.69, 9.17) is 9.53 Å². The van der Waals surface area contributed by atoms with Crippen LogP contribution in [0.4, 0.5) is 0 Å². The zero-order chi connectivity index (χ0) is 21.0. The van der Waals surface area contributed by atoms with E-state index in [9.17, 15) is 9.35 Å². The lowest BCUT2D eigenvalue weighted by molar-refractivity contribution is -0.136. The van der Waals surface area contributed by atoms with Crippen LogP contribution in [0.1, 0.15) is 58.7 Å². The Balaban J connectivity index is 3.02. The summed E-state index contributed by atoms with van der Waals surface area (Å²) < 4.78 is 21.8. The lowest BCUT2D eigenvalue weighted by Gasteiger charge is -2.37. The van der Waals surface area contributed by atoms with Gasteiger partial charge in [-0.05, 0) is 50.0 Å². The third kappa shape index (κ3) is 7.58. The summed E-state index contributed by atoms with van der Waals surface area (Å²) in [5, 5.41) is 9.03. The Morgan fingerprint density at radius 2 is 1.70 bits per heavy atom. The zero-order valence-electron chi connectivity index (χ0n) is 17.9. The highest BCUT2D eigenvalue weighted by atomic mass is 32.2. The molecule has 7 heteroatoms. The Morgan fingerprint density at radius 1 is 1.19 bits per heavy atom. The largest absolute Gasteiger partial charge is 0.598 e. The van der Waals surface area contributed by atoms with Crippen LogP contribution in [0, 0.1) is 0 Å². The van der Waals surface area contributed by atoms with Gasteiger partial charge >= 0.3 is 5.97 Å². The van der Waals surface area contributed by atoms with Crippen LogP contribution in [-0.2, 0) is 27.0 Å². The van der Waals surface area contributed by atoms with Gasteiger partial charge in [0.1, 0.15) is 4.75 Å². The van der Waals surface area contributed by atoms with Crippen molar-refractivity contribution in [2.75, 3.05) is 6.61 Å². The predicted octanol–water partition coefficient (Wildman–Crippen LogP) is 4.43. The number of hydrogen-bond acceptors (Lipinski definition) is 4. The van der Waals surface area contributed by atoms with Crippen LogP contribution in [-0.4, -0.2) is 35.3 Å². The molecule has 5 nitrogen and oxygen atoms in total. The number of nitrogens with one attached hydrogen (secondary N) is 1. The number of carbonyl (C=O) groups is 1. The maximum atomic E-state index is 12.7. The highest BCUT2D eigenvalue weighted by Crippen LogP contribution is 2.37. The maximum Gasteiger partial charge on any atom is 0.307 e. The quantitative estimate of drug-likeness (QED) is 0.487. The first kappa shape index (κ1) is 24.2. The van der Waals surface area contributed by atoms with Crippen molar-refractivity contribution in [2.24, 2.45) is 0 Å². The summed E-state index contributed by atoms with van der Waals surface area (Å²) in [5.41, 5.74) is 1.69. The Morgan fingerprint density at radius 3 is 2.11 bits per heavy atom. The molecule has 0 unspecified atom stereocenters. The van der Waals surface area contributed by atoms with Crippen LogP contribution in [0.2, 0.25) is 18.1 Å². The molecule has 0 spiro atoms. The normalized spacial score (nSPS) is 15.4. The lowest BCUT2D eigenvalue weighted by Crippen LogP contribution is -2.46. The van der Waals surface area contributed by atoms with Crippen LogP contribution >= 0.6 is 0 Å². The van der Waals surface area contributed by atoms with Gasteiger partial charge in [-0.15, -0.1) is 4.72 Å². The number of rotatable bonds is 8. The van der Waals surface area contributed by atoms with E-state index in [2.05, 4.69) is 38.6 Å². The van der Waals surface area contributed by atoms with Gasteiger partial charge < -0.3 is 14.1 Å². The highest BCUT2D eigenvalue weighted by Gasteiger charge is 2.38. The van der Waals surface area contributed by atoms with Crippen molar-refractivity contribution in [3.05, 3.63) is 35.4 Å². The summed E-state index contributed by atoms with van der Waals surface area (Å²) in [6.07, 6.45) is -0.00718. The third-order valence-electron chi connectivity index (χ3n) is 4.96. The Kier molecular flexibility index (Phi) is 8.14. The first-order valence-corrected chi connectivity index (χ1v) is 13.3. The van der Waals surface area contributed by atoms with Gasteiger partial charge in [0.05, 0.1) is 19.1 Å². The lowest BCUT2D eigenvalue weighted by atomic mass is 10.0. The molecule has 154 valence electrons. The fourth-order valence-electron chi connectivity index (χ4n) is 2.05. The van der Waals surface area contributed by atoms with Crippen LogP contribution in [0.3, 0.4) is 0 Å². The second-order valence-electron chi connectivity index (χ2n) is 9.43. The molecule has 0 aliphatic rings. The minimum absolute atomic E-state index is 0.00718. The molecule has 0 aromatic heterocycles. The van der Waals surface area contributed by atoms with Crippen molar-refractivity contribution in [3.63, 3.8) is 0 Å². The molecule has 2 atom stereocenters. The van der Waals surface area contributed by atoms with Gasteiger partial charge in [-0.25, -0.2) is 0 Å². The molecule has 0 radical (unpaired) electrons. The number of hydrogen-bond donors (Lipinski definition) is 2. The van der Waals surface area contributed by atoms with Gasteiger partial charge in [0.15, 0.2) is 8.32 Å². The molecule has 27 heavy (non-hydrogen) atoms. The topological polar surface area (TPSA) is 81.6 Å². The molecular weight excluding hydrogens is 378 g/mol. The van der Waals surface area contributed by atoms with Crippen LogP contribution in [0.15, 0.2) is 24.3 Å². The third-order valence-corrected chi connectivity index (χ3v) is 11.1. The Bertz CT molecular complexity index is 620. The average Bonchev–Trinajstić information content (AvgIpc) is 2.49. The average molecular weight is 414 g/mol. The van der Waals surface area contributed by atoms with Crippen LogP contribution in [0.25, 0.3) is 0 Å². The molecule has 0 bridgehead atoms. The van der Waals surface area contributed by atoms with Crippen molar-refractivity contribution < 1.29 is 18.9 Å². The first-order chi connectivity index (χ1) is 12.1. The fourth-order valence-corrected chi connectivity index (χ4v) is 3.89. The van der Waals surface area contributed by atoms with Gasteiger partial charge in [0.2, 0.25) is 0 Å². The number of carboxylic acids is 1. The van der Waals surface area contributed by atoms with E-state index in [0.717, 1.165) is 11.1 Å². The first-order valence-electron chi connectivity index (χ1n) is 9.26. The SMILES string of the molecule is CC(C)(C)[S@+]([O-])N[C@H](CO[Si](C)(C)C(C)(C)C)c1ccc(CC(=O)O)cc1. The van der Waals surface area contributed by atoms with Gasteiger partial charge in [-0.1, -0.05) is 45.0 Å². The number of carboxylic acid groups (broad SMARTS) is 1. The number of benzene rings is 1. The Labute approximate surface area is 168 Å². The molecule has 2 N–H and O–H groups in total. The van der Waals surface area contributed by atoms with Crippen molar-refractivity contribution in [2.45, 2.75) is 76.9 Å². The van der Waals surface area contributed by atoms with Crippen LogP contribution in [0.5, 0.6) is 0 Å². The second kappa shape index (κ2) is 9.09. The zero-order valence-corrected chi connectivity index (χ0v) is 19.7. The van der Waals surface area contributed by atoms with Crippen molar-refractivity contribution >= 4 is 25.6 Å². The Hall–Kier alpha value is -0.863. The van der Waals surface area contributed by atoms with E-state index in [1.165, 1.54) is 0 Å². The van der Waals surface area contributed by atoms with Gasteiger partial charge in [0.25, 0.3) is 0 Å². The predicted molar refractivity (Wildman–Crippen MR) is 115 cm³/mol. The summed E-state index contributed by atoms with van der Waals surface area (Å²) in [6.45, 7) is 17.2. The molecule has 1 rings (SSSR count). The molecule has 1 aromatic rings. The van der Waals surface area contributed by atoms with Gasteiger partial charge in [-0.3, -0.25) is 4.79 Å². The second-order valence-corrected chi connectivity index (χ2v) is 16.2. The summed E-state index contributed by atoms with van der Waals surface area (Å²) in [6, 6.07) is 7.18. The molecule has 0 amide bonds. The number of aliphatic carboxylic acids is 1. The standard InChI is InChI=1S/C20H35NO4SSi/c1-19(2,3)26(24)21-17(14-25-27(7,8)20(4,5)6)16-11-9-15(10-12-16)13-18(22)23/h9-12,17,21H,13-14H2,1-8H3,(H,22,23)/t17-,26+/m1/s1. The molecule has 0 aliphatic heterocycles. The minimum atomic E-state index is -1.95. The molecule has 0 fully saturated rings. The monoisotopic (exact) mass is 413 g/mol. The van der Waals surface area contributed by atoms with Gasteiger partial charge in [-0.2, -0.15) is 0 Å². The fraction of sp³-hybridized carbons (Fsp3) is 0.650. The van der Waals surface area contributed by atoms with E-state index in [0.29, 0.717) is 6.61 Å². The summed E-state index contributed by atoms with van der Waals surface area (Å²) in [5.74, 6) is -0.854. The van der Waals surface area contributed by atoms with Gasteiger partial charge in [0, 0.05) is 11.4 Å². The highest BCUT2D eigenvalue weighted by molar-refractivity contribution is 7.90. The molecular formula is C20H35NO4SSi. The van der Waals surface area contributed by atoms with E-state index in [1.807, 2.05) is 45.0 Å². The molecule has 1 aromatic carbocycles. The molecule has 0 saturated heterocycles. The van der Waals surface area contributed by atoms with E-state index in [-0.39, 0.29) is 17.5 Å². The molecule has 0 saturated carbocycles. The van der Waals surface area contributed by atoms with E-state index >= 15 is 0 Å².